The van der Waals surface area contributed by atoms with Crippen LogP contribution in [-0.4, -0.2) is 62.7 Å². The van der Waals surface area contributed by atoms with E-state index in [0.29, 0.717) is 12.1 Å². The Labute approximate surface area is 179 Å². The third-order valence-electron chi connectivity index (χ3n) is 5.42. The molecule has 0 saturated carbocycles. The number of aromatic nitrogens is 1. The van der Waals surface area contributed by atoms with Crippen LogP contribution in [0.25, 0.3) is 5.76 Å². The molecule has 3 rings (SSSR count). The average Bonchev–Trinajstić information content (AvgIpc) is 3.05. The van der Waals surface area contributed by atoms with Crippen LogP contribution in [0.15, 0.2) is 54.4 Å². The van der Waals surface area contributed by atoms with Crippen LogP contribution in [0.1, 0.15) is 31.0 Å². The van der Waals surface area contributed by atoms with Crippen LogP contribution < -0.4 is 0 Å². The van der Waals surface area contributed by atoms with Crippen molar-refractivity contribution < 1.29 is 19.6 Å². The van der Waals surface area contributed by atoms with E-state index in [-0.39, 0.29) is 23.4 Å². The SMILES string of the molecule is CCN(CC)CCN1C(=O)C(=O)/C(=C(\O)c2cccc([N+](=O)[O-])c2)C1c1cccnc1. The quantitative estimate of drug-likeness (QED) is 0.228. The van der Waals surface area contributed by atoms with E-state index in [1.165, 1.54) is 29.2 Å². The van der Waals surface area contributed by atoms with E-state index in [2.05, 4.69) is 9.88 Å². The summed E-state index contributed by atoms with van der Waals surface area (Å²) < 4.78 is 0. The molecule has 0 aliphatic carbocycles. The van der Waals surface area contributed by atoms with Gasteiger partial charge in [0, 0.05) is 43.2 Å². The summed E-state index contributed by atoms with van der Waals surface area (Å²) in [5.74, 6) is -1.98. The summed E-state index contributed by atoms with van der Waals surface area (Å²) in [6.45, 7) is 6.47. The monoisotopic (exact) mass is 424 g/mol. The lowest BCUT2D eigenvalue weighted by atomic mass is 9.96. The maximum absolute atomic E-state index is 12.9. The van der Waals surface area contributed by atoms with E-state index in [1.807, 2.05) is 13.8 Å². The highest BCUT2D eigenvalue weighted by atomic mass is 16.6. The number of non-ortho nitro benzene ring substituents is 1. The number of likely N-dealkylation sites (tertiary alicyclic amines) is 1. The molecule has 9 nitrogen and oxygen atoms in total. The molecule has 9 heteroatoms. The molecule has 1 saturated heterocycles. The first kappa shape index (κ1) is 22.1. The highest BCUT2D eigenvalue weighted by Gasteiger charge is 2.46. The molecule has 162 valence electrons. The van der Waals surface area contributed by atoms with Crippen molar-refractivity contribution in [2.24, 2.45) is 0 Å². The smallest absolute Gasteiger partial charge is 0.295 e. The largest absolute Gasteiger partial charge is 0.507 e. The number of nitro benzene ring substituents is 1. The van der Waals surface area contributed by atoms with E-state index < -0.39 is 28.4 Å². The number of aliphatic hydroxyl groups excluding tert-OH is 1. The zero-order chi connectivity index (χ0) is 22.5. The van der Waals surface area contributed by atoms with Crippen molar-refractivity contribution in [2.75, 3.05) is 26.2 Å². The van der Waals surface area contributed by atoms with Gasteiger partial charge < -0.3 is 14.9 Å². The number of benzene rings is 1. The van der Waals surface area contributed by atoms with Crippen molar-refractivity contribution in [3.05, 3.63) is 75.6 Å². The van der Waals surface area contributed by atoms with Crippen molar-refractivity contribution in [2.45, 2.75) is 19.9 Å². The fraction of sp³-hybridized carbons (Fsp3) is 0.318. The van der Waals surface area contributed by atoms with E-state index in [0.717, 1.165) is 13.1 Å². The molecule has 1 aromatic heterocycles. The van der Waals surface area contributed by atoms with Gasteiger partial charge in [0.25, 0.3) is 17.4 Å². The maximum atomic E-state index is 12.9. The van der Waals surface area contributed by atoms with Gasteiger partial charge in [0.05, 0.1) is 16.5 Å². The number of nitrogens with zero attached hydrogens (tertiary/aromatic N) is 4. The molecular formula is C22H24N4O5. The van der Waals surface area contributed by atoms with Gasteiger partial charge in [-0.2, -0.15) is 0 Å². The van der Waals surface area contributed by atoms with E-state index in [9.17, 15) is 24.8 Å². The number of carbonyl (C=O) groups excluding carboxylic acids is 2. The molecule has 1 aliphatic heterocycles. The minimum atomic E-state index is -0.830. The predicted octanol–water partition coefficient (Wildman–Crippen LogP) is 2.75. The van der Waals surface area contributed by atoms with Gasteiger partial charge in [0.2, 0.25) is 0 Å². The van der Waals surface area contributed by atoms with E-state index in [4.69, 9.17) is 0 Å². The lowest BCUT2D eigenvalue weighted by Gasteiger charge is -2.28. The number of likely N-dealkylation sites (N-methyl/N-ethyl adjacent to an activating group) is 1. The second kappa shape index (κ2) is 9.48. The fourth-order valence-electron chi connectivity index (χ4n) is 3.71. The Hall–Kier alpha value is -3.59. The summed E-state index contributed by atoms with van der Waals surface area (Å²) in [7, 11) is 0. The number of pyridine rings is 1. The molecular weight excluding hydrogens is 400 g/mol. The molecule has 0 radical (unpaired) electrons. The summed E-state index contributed by atoms with van der Waals surface area (Å²) in [6.07, 6.45) is 3.12. The van der Waals surface area contributed by atoms with Crippen LogP contribution in [-0.2, 0) is 9.59 Å². The number of amides is 1. The molecule has 1 aliphatic rings. The maximum Gasteiger partial charge on any atom is 0.295 e. The highest BCUT2D eigenvalue weighted by Crippen LogP contribution is 2.39. The number of nitro groups is 1. The molecule has 1 N–H and O–H groups in total. The zero-order valence-electron chi connectivity index (χ0n) is 17.4. The third kappa shape index (κ3) is 4.46. The van der Waals surface area contributed by atoms with Gasteiger partial charge in [-0.05, 0) is 24.7 Å². The molecule has 1 fully saturated rings. The summed E-state index contributed by atoms with van der Waals surface area (Å²) in [6, 6.07) is 7.94. The van der Waals surface area contributed by atoms with E-state index >= 15 is 0 Å². The molecule has 1 amide bonds. The first-order valence-corrected chi connectivity index (χ1v) is 10.0. The molecule has 31 heavy (non-hydrogen) atoms. The summed E-state index contributed by atoms with van der Waals surface area (Å²) >= 11 is 0. The lowest BCUT2D eigenvalue weighted by Crippen LogP contribution is -2.38. The first-order valence-electron chi connectivity index (χ1n) is 10.0. The van der Waals surface area contributed by atoms with Gasteiger partial charge in [0.1, 0.15) is 5.76 Å². The van der Waals surface area contributed by atoms with Crippen LogP contribution in [0.4, 0.5) is 5.69 Å². The van der Waals surface area contributed by atoms with Crippen molar-refractivity contribution in [1.29, 1.82) is 0 Å². The van der Waals surface area contributed by atoms with Crippen molar-refractivity contribution in [3.63, 3.8) is 0 Å². The number of aliphatic hydroxyl groups is 1. The fourth-order valence-corrected chi connectivity index (χ4v) is 3.71. The minimum Gasteiger partial charge on any atom is -0.507 e. The Morgan fingerprint density at radius 1 is 1.23 bits per heavy atom. The molecule has 1 unspecified atom stereocenters. The van der Waals surface area contributed by atoms with Crippen molar-refractivity contribution >= 4 is 23.1 Å². The second-order valence-electron chi connectivity index (χ2n) is 7.11. The molecule has 2 heterocycles. The van der Waals surface area contributed by atoms with Gasteiger partial charge >= 0.3 is 0 Å². The van der Waals surface area contributed by atoms with Crippen molar-refractivity contribution in [1.82, 2.24) is 14.8 Å². The Morgan fingerprint density at radius 3 is 2.58 bits per heavy atom. The zero-order valence-corrected chi connectivity index (χ0v) is 17.4. The molecule has 0 spiro atoms. The predicted molar refractivity (Wildman–Crippen MR) is 114 cm³/mol. The van der Waals surface area contributed by atoms with Crippen LogP contribution in [0, 0.1) is 10.1 Å². The van der Waals surface area contributed by atoms with Gasteiger partial charge in [0.15, 0.2) is 0 Å². The Morgan fingerprint density at radius 2 is 1.97 bits per heavy atom. The number of Topliss-reactive ketones (excluding diaryl/α,β-unsaturated/α-hetero) is 1. The van der Waals surface area contributed by atoms with Gasteiger partial charge in [-0.25, -0.2) is 0 Å². The van der Waals surface area contributed by atoms with Gasteiger partial charge in [-0.15, -0.1) is 0 Å². The molecule has 2 aromatic rings. The van der Waals surface area contributed by atoms with Crippen LogP contribution in [0.2, 0.25) is 0 Å². The standard InChI is InChI=1S/C22H24N4O5/c1-3-24(4-2)11-12-25-19(16-8-6-10-23-14-16)18(21(28)22(25)29)20(27)15-7-5-9-17(13-15)26(30)31/h5-10,13-14,19,27H,3-4,11-12H2,1-2H3/b20-18-. The lowest BCUT2D eigenvalue weighted by molar-refractivity contribution is -0.384. The van der Waals surface area contributed by atoms with Gasteiger partial charge in [-0.3, -0.25) is 24.7 Å². The molecule has 1 aromatic carbocycles. The normalized spacial score (nSPS) is 18.0. The number of hydrogen-bond donors (Lipinski definition) is 1. The Bertz CT molecular complexity index is 1020. The highest BCUT2D eigenvalue weighted by molar-refractivity contribution is 6.46. The van der Waals surface area contributed by atoms with E-state index in [1.54, 1.807) is 24.5 Å². The second-order valence-corrected chi connectivity index (χ2v) is 7.11. The number of rotatable bonds is 8. The molecule has 0 bridgehead atoms. The Kier molecular flexibility index (Phi) is 6.76. The summed E-state index contributed by atoms with van der Waals surface area (Å²) in [5.41, 5.74) is 0.355. The number of ketones is 1. The topological polar surface area (TPSA) is 117 Å². The summed E-state index contributed by atoms with van der Waals surface area (Å²) in [5, 5.41) is 22.1. The number of hydrogen-bond acceptors (Lipinski definition) is 7. The number of carbonyl (C=O) groups is 2. The third-order valence-corrected chi connectivity index (χ3v) is 5.42. The first-order chi connectivity index (χ1) is 14.9. The summed E-state index contributed by atoms with van der Waals surface area (Å²) in [4.78, 5) is 44.0. The molecule has 1 atom stereocenters. The van der Waals surface area contributed by atoms with Crippen LogP contribution >= 0.6 is 0 Å². The Balaban J connectivity index is 2.10. The van der Waals surface area contributed by atoms with Gasteiger partial charge in [-0.1, -0.05) is 32.0 Å². The minimum absolute atomic E-state index is 0.0990. The van der Waals surface area contributed by atoms with Crippen LogP contribution in [0.5, 0.6) is 0 Å². The van der Waals surface area contributed by atoms with Crippen molar-refractivity contribution in [3.8, 4) is 0 Å². The van der Waals surface area contributed by atoms with Crippen LogP contribution in [0.3, 0.4) is 0 Å². The average molecular weight is 424 g/mol.